The van der Waals surface area contributed by atoms with E-state index in [4.69, 9.17) is 0 Å². The van der Waals surface area contributed by atoms with Crippen molar-refractivity contribution in [1.82, 2.24) is 10.3 Å². The molecule has 0 aliphatic heterocycles. The molecule has 3 aromatic rings. The summed E-state index contributed by atoms with van der Waals surface area (Å²) < 4.78 is 1.04. The minimum Gasteiger partial charge on any atom is -0.354 e. The highest BCUT2D eigenvalue weighted by atomic mass is 79.9. The van der Waals surface area contributed by atoms with E-state index in [-0.39, 0.29) is 5.91 Å². The smallest absolute Gasteiger partial charge is 0.270 e. The third-order valence-electron chi connectivity index (χ3n) is 3.75. The van der Waals surface area contributed by atoms with E-state index in [1.165, 1.54) is 5.56 Å². The van der Waals surface area contributed by atoms with E-state index < -0.39 is 0 Å². The fourth-order valence-electron chi connectivity index (χ4n) is 2.31. The SMILES string of the molecule is Cc1ccc(Nc2ccc(C(=O)NCc3ccccc3)nc2)cc1Br. The quantitative estimate of drug-likeness (QED) is 0.650. The van der Waals surface area contributed by atoms with Gasteiger partial charge in [-0.1, -0.05) is 52.3 Å². The number of carbonyl (C=O) groups excluding carboxylic acids is 1. The number of amides is 1. The maximum absolute atomic E-state index is 12.2. The number of carbonyl (C=O) groups is 1. The average molecular weight is 396 g/mol. The summed E-state index contributed by atoms with van der Waals surface area (Å²) in [6.07, 6.45) is 1.66. The zero-order valence-electron chi connectivity index (χ0n) is 13.8. The summed E-state index contributed by atoms with van der Waals surface area (Å²) in [6.45, 7) is 2.52. The number of nitrogens with one attached hydrogen (secondary N) is 2. The van der Waals surface area contributed by atoms with E-state index in [0.717, 1.165) is 21.4 Å². The van der Waals surface area contributed by atoms with Crippen molar-refractivity contribution >= 4 is 33.2 Å². The van der Waals surface area contributed by atoms with Crippen LogP contribution in [0.2, 0.25) is 0 Å². The van der Waals surface area contributed by atoms with Crippen molar-refractivity contribution in [2.45, 2.75) is 13.5 Å². The second kappa shape index (κ2) is 7.94. The molecule has 0 spiro atoms. The predicted molar refractivity (Wildman–Crippen MR) is 104 cm³/mol. The Hall–Kier alpha value is -2.66. The van der Waals surface area contributed by atoms with Gasteiger partial charge in [-0.15, -0.1) is 0 Å². The third-order valence-corrected chi connectivity index (χ3v) is 4.61. The number of hydrogen-bond donors (Lipinski definition) is 2. The minimum absolute atomic E-state index is 0.187. The Morgan fingerprint density at radius 2 is 1.80 bits per heavy atom. The molecule has 0 aliphatic carbocycles. The number of halogens is 1. The summed E-state index contributed by atoms with van der Waals surface area (Å²) in [6, 6.07) is 19.4. The summed E-state index contributed by atoms with van der Waals surface area (Å²) in [7, 11) is 0. The molecule has 1 heterocycles. The first-order chi connectivity index (χ1) is 12.1. The van der Waals surface area contributed by atoms with Gasteiger partial charge in [-0.05, 0) is 42.3 Å². The molecule has 126 valence electrons. The van der Waals surface area contributed by atoms with Crippen molar-refractivity contribution in [1.29, 1.82) is 0 Å². The Kier molecular flexibility index (Phi) is 5.46. The molecule has 2 N–H and O–H groups in total. The zero-order chi connectivity index (χ0) is 17.6. The van der Waals surface area contributed by atoms with Crippen molar-refractivity contribution in [2.24, 2.45) is 0 Å². The Morgan fingerprint density at radius 1 is 1.04 bits per heavy atom. The molecule has 0 fully saturated rings. The van der Waals surface area contributed by atoms with Gasteiger partial charge in [0, 0.05) is 16.7 Å². The lowest BCUT2D eigenvalue weighted by atomic mass is 10.2. The number of anilines is 2. The van der Waals surface area contributed by atoms with E-state index in [1.807, 2.05) is 61.5 Å². The van der Waals surface area contributed by atoms with Crippen molar-refractivity contribution < 1.29 is 4.79 Å². The van der Waals surface area contributed by atoms with Crippen LogP contribution in [-0.4, -0.2) is 10.9 Å². The monoisotopic (exact) mass is 395 g/mol. The maximum Gasteiger partial charge on any atom is 0.270 e. The fraction of sp³-hybridized carbons (Fsp3) is 0.100. The zero-order valence-corrected chi connectivity index (χ0v) is 15.4. The molecule has 2 aromatic carbocycles. The van der Waals surface area contributed by atoms with Crippen LogP contribution in [0.4, 0.5) is 11.4 Å². The van der Waals surface area contributed by atoms with Crippen molar-refractivity contribution in [3.63, 3.8) is 0 Å². The van der Waals surface area contributed by atoms with Gasteiger partial charge in [0.05, 0.1) is 11.9 Å². The van der Waals surface area contributed by atoms with Gasteiger partial charge >= 0.3 is 0 Å². The van der Waals surface area contributed by atoms with Crippen LogP contribution >= 0.6 is 15.9 Å². The molecule has 1 aromatic heterocycles. The molecule has 5 heteroatoms. The number of benzene rings is 2. The summed E-state index contributed by atoms with van der Waals surface area (Å²) >= 11 is 3.52. The first-order valence-corrected chi connectivity index (χ1v) is 8.72. The van der Waals surface area contributed by atoms with Gasteiger partial charge in [-0.3, -0.25) is 4.79 Å². The Labute approximate surface area is 155 Å². The summed E-state index contributed by atoms with van der Waals surface area (Å²) in [5.74, 6) is -0.187. The number of aryl methyl sites for hydroxylation is 1. The van der Waals surface area contributed by atoms with Gasteiger partial charge < -0.3 is 10.6 Å². The molecular weight excluding hydrogens is 378 g/mol. The Bertz CT molecular complexity index is 864. The number of rotatable bonds is 5. The molecule has 25 heavy (non-hydrogen) atoms. The van der Waals surface area contributed by atoms with Crippen LogP contribution in [0.3, 0.4) is 0 Å². The molecule has 0 saturated heterocycles. The molecule has 3 rings (SSSR count). The van der Waals surface area contributed by atoms with Crippen molar-refractivity contribution in [3.8, 4) is 0 Å². The standard InChI is InChI=1S/C20H18BrN3O/c1-14-7-8-16(11-18(14)21)24-17-9-10-19(22-13-17)20(25)23-12-15-5-3-2-4-6-15/h2-11,13,24H,12H2,1H3,(H,23,25). The molecule has 0 radical (unpaired) electrons. The number of aromatic nitrogens is 1. The topological polar surface area (TPSA) is 54.0 Å². The lowest BCUT2D eigenvalue weighted by molar-refractivity contribution is 0.0946. The average Bonchev–Trinajstić information content (AvgIpc) is 2.64. The lowest BCUT2D eigenvalue weighted by Gasteiger charge is -2.09. The second-order valence-electron chi connectivity index (χ2n) is 5.69. The van der Waals surface area contributed by atoms with Gasteiger partial charge in [-0.2, -0.15) is 0 Å². The summed E-state index contributed by atoms with van der Waals surface area (Å²) in [5.41, 5.74) is 4.41. The van der Waals surface area contributed by atoms with E-state index in [1.54, 1.807) is 12.3 Å². The first-order valence-electron chi connectivity index (χ1n) is 7.93. The highest BCUT2D eigenvalue weighted by Crippen LogP contribution is 2.23. The fourth-order valence-corrected chi connectivity index (χ4v) is 2.69. The lowest BCUT2D eigenvalue weighted by Crippen LogP contribution is -2.23. The van der Waals surface area contributed by atoms with E-state index >= 15 is 0 Å². The van der Waals surface area contributed by atoms with Crippen molar-refractivity contribution in [2.75, 3.05) is 5.32 Å². The van der Waals surface area contributed by atoms with Crippen LogP contribution in [-0.2, 0) is 6.54 Å². The van der Waals surface area contributed by atoms with Gasteiger partial charge in [0.1, 0.15) is 5.69 Å². The molecule has 0 aliphatic rings. The van der Waals surface area contributed by atoms with E-state index in [9.17, 15) is 4.79 Å². The highest BCUT2D eigenvalue weighted by Gasteiger charge is 2.07. The van der Waals surface area contributed by atoms with Gasteiger partial charge in [0.2, 0.25) is 0 Å². The molecule has 0 bridgehead atoms. The molecule has 0 unspecified atom stereocenters. The first kappa shape index (κ1) is 17.2. The van der Waals surface area contributed by atoms with Crippen LogP contribution < -0.4 is 10.6 Å². The molecule has 0 saturated carbocycles. The van der Waals surface area contributed by atoms with Gasteiger partial charge in [0.25, 0.3) is 5.91 Å². The van der Waals surface area contributed by atoms with Crippen molar-refractivity contribution in [3.05, 3.63) is 88.2 Å². The largest absolute Gasteiger partial charge is 0.354 e. The van der Waals surface area contributed by atoms with Crippen LogP contribution in [0.5, 0.6) is 0 Å². The highest BCUT2D eigenvalue weighted by molar-refractivity contribution is 9.10. The van der Waals surface area contributed by atoms with E-state index in [2.05, 4.69) is 31.5 Å². The minimum atomic E-state index is -0.187. The van der Waals surface area contributed by atoms with Gasteiger partial charge in [0.15, 0.2) is 0 Å². The molecule has 4 nitrogen and oxygen atoms in total. The predicted octanol–water partition coefficient (Wildman–Crippen LogP) is 4.83. The molecular formula is C20H18BrN3O. The van der Waals surface area contributed by atoms with Crippen LogP contribution in [0.25, 0.3) is 0 Å². The van der Waals surface area contributed by atoms with Crippen LogP contribution in [0.15, 0.2) is 71.3 Å². The summed E-state index contributed by atoms with van der Waals surface area (Å²) in [5, 5.41) is 6.14. The number of nitrogens with zero attached hydrogens (tertiary/aromatic N) is 1. The maximum atomic E-state index is 12.2. The van der Waals surface area contributed by atoms with E-state index in [0.29, 0.717) is 12.2 Å². The Morgan fingerprint density at radius 3 is 2.48 bits per heavy atom. The third kappa shape index (κ3) is 4.67. The molecule has 0 atom stereocenters. The summed E-state index contributed by atoms with van der Waals surface area (Å²) in [4.78, 5) is 16.4. The number of hydrogen-bond acceptors (Lipinski definition) is 3. The second-order valence-corrected chi connectivity index (χ2v) is 6.54. The van der Waals surface area contributed by atoms with Crippen LogP contribution in [0.1, 0.15) is 21.6 Å². The Balaban J connectivity index is 1.61. The normalized spacial score (nSPS) is 10.3. The van der Waals surface area contributed by atoms with Gasteiger partial charge in [-0.25, -0.2) is 4.98 Å². The molecule has 1 amide bonds. The number of pyridine rings is 1. The van der Waals surface area contributed by atoms with Crippen LogP contribution in [0, 0.1) is 6.92 Å².